The third-order valence-electron chi connectivity index (χ3n) is 5.10. The highest BCUT2D eigenvalue weighted by Gasteiger charge is 2.18. The van der Waals surface area contributed by atoms with Gasteiger partial charge in [-0.3, -0.25) is 9.59 Å². The van der Waals surface area contributed by atoms with Crippen molar-refractivity contribution in [3.63, 3.8) is 0 Å². The third-order valence-corrected chi connectivity index (χ3v) is 6.10. The van der Waals surface area contributed by atoms with E-state index < -0.39 is 5.91 Å². The molecule has 0 saturated carbocycles. The predicted molar refractivity (Wildman–Crippen MR) is 111 cm³/mol. The van der Waals surface area contributed by atoms with E-state index in [0.29, 0.717) is 23.1 Å². The molecule has 10 heteroatoms. The Hall–Kier alpha value is -2.88. The number of aryl methyl sites for hydroxylation is 2. The van der Waals surface area contributed by atoms with Gasteiger partial charge in [-0.25, -0.2) is 9.50 Å². The largest absolute Gasteiger partial charge is 0.365 e. The van der Waals surface area contributed by atoms with E-state index in [1.165, 1.54) is 17.5 Å². The van der Waals surface area contributed by atoms with E-state index in [1.807, 2.05) is 13.8 Å². The van der Waals surface area contributed by atoms with Gasteiger partial charge in [0.05, 0.1) is 6.20 Å². The number of carbonyl (C=O) groups excluding carboxylic acids is 2. The first-order chi connectivity index (χ1) is 13.8. The summed E-state index contributed by atoms with van der Waals surface area (Å²) in [5.41, 5.74) is 8.59. The second-order valence-electron chi connectivity index (χ2n) is 6.93. The molecule has 9 nitrogen and oxygen atoms in total. The molecular formula is C19H25N7O2S. The number of carbonyl (C=O) groups is 2. The maximum absolute atomic E-state index is 12.4. The van der Waals surface area contributed by atoms with Crippen LogP contribution in [-0.2, 0) is 11.2 Å². The predicted octanol–water partition coefficient (Wildman–Crippen LogP) is 2.77. The summed E-state index contributed by atoms with van der Waals surface area (Å²) in [6.45, 7) is 7.98. The lowest BCUT2D eigenvalue weighted by Gasteiger charge is -2.11. The van der Waals surface area contributed by atoms with Crippen LogP contribution in [-0.4, -0.2) is 36.6 Å². The van der Waals surface area contributed by atoms with Crippen molar-refractivity contribution in [1.29, 1.82) is 0 Å². The van der Waals surface area contributed by atoms with Gasteiger partial charge in [0.15, 0.2) is 5.65 Å². The highest BCUT2D eigenvalue weighted by Crippen LogP contribution is 2.28. The number of primary amides is 1. The Morgan fingerprint density at radius 3 is 2.62 bits per heavy atom. The van der Waals surface area contributed by atoms with Crippen molar-refractivity contribution >= 4 is 33.9 Å². The minimum Gasteiger partial charge on any atom is -0.365 e. The third kappa shape index (κ3) is 4.26. The van der Waals surface area contributed by atoms with Gasteiger partial charge in [-0.1, -0.05) is 25.2 Å². The molecule has 3 aromatic rings. The number of hydrogen-bond acceptors (Lipinski definition) is 7. The van der Waals surface area contributed by atoms with Gasteiger partial charge in [-0.05, 0) is 38.7 Å². The van der Waals surface area contributed by atoms with Gasteiger partial charge < -0.3 is 11.1 Å². The topological polar surface area (TPSA) is 128 Å². The molecule has 0 unspecified atom stereocenters. The van der Waals surface area contributed by atoms with Gasteiger partial charge in [0, 0.05) is 23.7 Å². The Balaban J connectivity index is 1.70. The van der Waals surface area contributed by atoms with Crippen LogP contribution in [0.3, 0.4) is 0 Å². The average Bonchev–Trinajstić information content (AvgIpc) is 3.30. The number of amides is 2. The molecule has 0 aliphatic heterocycles. The zero-order valence-electron chi connectivity index (χ0n) is 17.0. The van der Waals surface area contributed by atoms with Crippen molar-refractivity contribution in [3.8, 4) is 0 Å². The summed E-state index contributed by atoms with van der Waals surface area (Å²) < 4.78 is 1.59. The zero-order chi connectivity index (χ0) is 21.1. The molecule has 29 heavy (non-hydrogen) atoms. The molecule has 0 saturated heterocycles. The molecule has 3 aromatic heterocycles. The van der Waals surface area contributed by atoms with Crippen LogP contribution in [0.25, 0.3) is 5.65 Å². The Labute approximate surface area is 172 Å². The Morgan fingerprint density at radius 2 is 1.97 bits per heavy atom. The highest BCUT2D eigenvalue weighted by atomic mass is 32.1. The summed E-state index contributed by atoms with van der Waals surface area (Å²) in [7, 11) is 0. The quantitative estimate of drug-likeness (QED) is 0.582. The van der Waals surface area contributed by atoms with E-state index in [1.54, 1.807) is 4.52 Å². The molecule has 154 valence electrons. The first kappa shape index (κ1) is 20.8. The van der Waals surface area contributed by atoms with Gasteiger partial charge in [0.2, 0.25) is 11.0 Å². The number of nitrogens with two attached hydrogens (primary N) is 1. The molecule has 0 aliphatic carbocycles. The summed E-state index contributed by atoms with van der Waals surface area (Å²) >= 11 is 1.43. The molecule has 0 radical (unpaired) electrons. The molecule has 0 spiro atoms. The van der Waals surface area contributed by atoms with E-state index in [0.717, 1.165) is 34.8 Å². The maximum Gasteiger partial charge on any atom is 0.254 e. The number of anilines is 1. The molecule has 0 bridgehead atoms. The monoisotopic (exact) mass is 415 g/mol. The number of hydrogen-bond donors (Lipinski definition) is 2. The SMILES string of the molecule is CCC(CC)c1nnc(NC(=O)CCc2c(C)nc3c(C(N)=O)cnn3c2C)s1. The van der Waals surface area contributed by atoms with E-state index in [-0.39, 0.29) is 17.9 Å². The smallest absolute Gasteiger partial charge is 0.254 e. The molecular weight excluding hydrogens is 390 g/mol. The van der Waals surface area contributed by atoms with Crippen LogP contribution in [0.1, 0.15) is 71.3 Å². The lowest BCUT2D eigenvalue weighted by Crippen LogP contribution is -2.15. The number of rotatable bonds is 8. The molecule has 3 heterocycles. The minimum atomic E-state index is -0.566. The van der Waals surface area contributed by atoms with Gasteiger partial charge in [-0.2, -0.15) is 5.10 Å². The lowest BCUT2D eigenvalue weighted by atomic mass is 10.1. The van der Waals surface area contributed by atoms with Crippen LogP contribution in [0.2, 0.25) is 0 Å². The summed E-state index contributed by atoms with van der Waals surface area (Å²) in [5, 5.41) is 16.8. The van der Waals surface area contributed by atoms with Crippen LogP contribution in [0, 0.1) is 13.8 Å². The number of nitrogens with zero attached hydrogens (tertiary/aromatic N) is 5. The lowest BCUT2D eigenvalue weighted by molar-refractivity contribution is -0.116. The normalized spacial score (nSPS) is 11.3. The van der Waals surface area contributed by atoms with Crippen molar-refractivity contribution in [1.82, 2.24) is 24.8 Å². The number of nitrogens with one attached hydrogen (secondary N) is 1. The molecule has 0 fully saturated rings. The van der Waals surface area contributed by atoms with Crippen LogP contribution in [0.5, 0.6) is 0 Å². The Kier molecular flexibility index (Phi) is 6.21. The van der Waals surface area contributed by atoms with E-state index in [2.05, 4.69) is 39.4 Å². The fourth-order valence-corrected chi connectivity index (χ4v) is 4.38. The highest BCUT2D eigenvalue weighted by molar-refractivity contribution is 7.15. The maximum atomic E-state index is 12.4. The first-order valence-corrected chi connectivity index (χ1v) is 10.4. The summed E-state index contributed by atoms with van der Waals surface area (Å²) in [6, 6.07) is 0. The van der Waals surface area contributed by atoms with Crippen molar-refractivity contribution < 1.29 is 9.59 Å². The Morgan fingerprint density at radius 1 is 1.24 bits per heavy atom. The standard InChI is InChI=1S/C19H25N7O2S/c1-5-12(6-2)18-24-25-19(29-18)23-15(27)8-7-13-10(3)22-17-14(16(20)28)9-21-26(17)11(13)4/h9,12H,5-8H2,1-4H3,(H2,20,28)(H,23,25,27). The summed E-state index contributed by atoms with van der Waals surface area (Å²) in [5.74, 6) is -0.321. The van der Waals surface area contributed by atoms with Crippen LogP contribution in [0.15, 0.2) is 6.20 Å². The molecule has 3 N–H and O–H groups in total. The van der Waals surface area contributed by atoms with E-state index in [9.17, 15) is 9.59 Å². The van der Waals surface area contributed by atoms with E-state index in [4.69, 9.17) is 5.73 Å². The number of fused-ring (bicyclic) bond motifs is 1. The van der Waals surface area contributed by atoms with Gasteiger partial charge in [0.1, 0.15) is 10.6 Å². The van der Waals surface area contributed by atoms with Crippen LogP contribution in [0.4, 0.5) is 5.13 Å². The minimum absolute atomic E-state index is 0.130. The summed E-state index contributed by atoms with van der Waals surface area (Å²) in [6.07, 6.45) is 4.19. The van der Waals surface area contributed by atoms with Crippen molar-refractivity contribution in [3.05, 3.63) is 33.7 Å². The first-order valence-electron chi connectivity index (χ1n) is 9.62. The van der Waals surface area contributed by atoms with Crippen LogP contribution >= 0.6 is 11.3 Å². The molecule has 0 aromatic carbocycles. The van der Waals surface area contributed by atoms with E-state index >= 15 is 0 Å². The zero-order valence-corrected chi connectivity index (χ0v) is 17.8. The number of aromatic nitrogens is 5. The molecule has 0 aliphatic rings. The van der Waals surface area contributed by atoms with Crippen molar-refractivity contribution in [2.75, 3.05) is 5.32 Å². The molecule has 3 rings (SSSR count). The second-order valence-corrected chi connectivity index (χ2v) is 7.94. The molecule has 2 amide bonds. The second kappa shape index (κ2) is 8.64. The van der Waals surface area contributed by atoms with Gasteiger partial charge in [-0.15, -0.1) is 10.2 Å². The van der Waals surface area contributed by atoms with Crippen molar-refractivity contribution in [2.24, 2.45) is 5.73 Å². The fraction of sp³-hybridized carbons (Fsp3) is 0.474. The fourth-order valence-electron chi connectivity index (χ4n) is 3.35. The van der Waals surface area contributed by atoms with Crippen LogP contribution < -0.4 is 11.1 Å². The van der Waals surface area contributed by atoms with Gasteiger partial charge in [0.25, 0.3) is 5.91 Å². The molecule has 0 atom stereocenters. The average molecular weight is 416 g/mol. The summed E-state index contributed by atoms with van der Waals surface area (Å²) in [4.78, 5) is 28.4. The Bertz CT molecular complexity index is 1050. The van der Waals surface area contributed by atoms with Crippen molar-refractivity contribution in [2.45, 2.75) is 59.3 Å². The van der Waals surface area contributed by atoms with Gasteiger partial charge >= 0.3 is 0 Å².